The standard InChI is InChI=1S/C17H17N3OS2/c1-2-12-5-7-13(8-6-12)18-16(21)11-23-17-10-14(19-20-17)15-4-3-9-22-15/h3-9H,2,10-11H2,1H3,(H,18,21). The van der Waals surface area contributed by atoms with Crippen LogP contribution in [-0.4, -0.2) is 22.4 Å². The highest BCUT2D eigenvalue weighted by atomic mass is 32.2. The molecule has 2 aromatic rings. The van der Waals surface area contributed by atoms with Gasteiger partial charge in [-0.1, -0.05) is 36.9 Å². The van der Waals surface area contributed by atoms with E-state index in [0.717, 1.165) is 27.7 Å². The number of nitrogens with one attached hydrogen (secondary N) is 1. The van der Waals surface area contributed by atoms with Crippen LogP contribution in [0.25, 0.3) is 0 Å². The van der Waals surface area contributed by atoms with Crippen molar-refractivity contribution in [2.75, 3.05) is 11.1 Å². The summed E-state index contributed by atoms with van der Waals surface area (Å²) in [5, 5.41) is 14.2. The van der Waals surface area contributed by atoms with Gasteiger partial charge in [-0.3, -0.25) is 4.79 Å². The van der Waals surface area contributed by atoms with Crippen molar-refractivity contribution in [2.45, 2.75) is 19.8 Å². The van der Waals surface area contributed by atoms with Crippen LogP contribution >= 0.6 is 23.1 Å². The number of benzene rings is 1. The highest BCUT2D eigenvalue weighted by Crippen LogP contribution is 2.21. The van der Waals surface area contributed by atoms with Crippen molar-refractivity contribution < 1.29 is 4.79 Å². The van der Waals surface area contributed by atoms with Gasteiger partial charge in [0.15, 0.2) is 0 Å². The predicted molar refractivity (Wildman–Crippen MR) is 99.8 cm³/mol. The van der Waals surface area contributed by atoms with Crippen molar-refractivity contribution in [3.8, 4) is 0 Å². The fourth-order valence-corrected chi connectivity index (χ4v) is 3.58. The molecule has 6 heteroatoms. The van der Waals surface area contributed by atoms with E-state index in [2.05, 4.69) is 22.4 Å². The van der Waals surface area contributed by atoms with E-state index < -0.39 is 0 Å². The molecule has 118 valence electrons. The maximum Gasteiger partial charge on any atom is 0.234 e. The molecule has 1 N–H and O–H groups in total. The number of hydrogen-bond acceptors (Lipinski definition) is 5. The largest absolute Gasteiger partial charge is 0.325 e. The third-order valence-corrected chi connectivity index (χ3v) is 5.31. The highest BCUT2D eigenvalue weighted by molar-refractivity contribution is 8.14. The fourth-order valence-electron chi connectivity index (χ4n) is 2.16. The maximum atomic E-state index is 12.0. The summed E-state index contributed by atoms with van der Waals surface area (Å²) in [4.78, 5) is 13.2. The summed E-state index contributed by atoms with van der Waals surface area (Å²) >= 11 is 3.11. The van der Waals surface area contributed by atoms with Crippen LogP contribution < -0.4 is 5.32 Å². The van der Waals surface area contributed by atoms with Gasteiger partial charge in [-0.25, -0.2) is 0 Å². The Morgan fingerprint density at radius 3 is 2.78 bits per heavy atom. The summed E-state index contributed by atoms with van der Waals surface area (Å²) in [7, 11) is 0. The van der Waals surface area contributed by atoms with Crippen LogP contribution in [0, 0.1) is 0 Å². The third-order valence-electron chi connectivity index (χ3n) is 3.42. The summed E-state index contributed by atoms with van der Waals surface area (Å²) < 4.78 is 0. The SMILES string of the molecule is CCc1ccc(NC(=O)CSC2=NN=C(c3cccs3)C2)cc1. The first-order valence-corrected chi connectivity index (χ1v) is 9.30. The van der Waals surface area contributed by atoms with Crippen molar-refractivity contribution >= 4 is 45.4 Å². The molecule has 0 unspecified atom stereocenters. The lowest BCUT2D eigenvalue weighted by Crippen LogP contribution is -2.15. The molecule has 23 heavy (non-hydrogen) atoms. The molecule has 0 saturated heterocycles. The number of carbonyl (C=O) groups excluding carboxylic acids is 1. The van der Waals surface area contributed by atoms with Crippen molar-refractivity contribution in [3.63, 3.8) is 0 Å². The number of hydrogen-bond donors (Lipinski definition) is 1. The normalized spacial score (nSPS) is 13.6. The average molecular weight is 343 g/mol. The van der Waals surface area contributed by atoms with Gasteiger partial charge >= 0.3 is 0 Å². The molecular weight excluding hydrogens is 326 g/mol. The van der Waals surface area contributed by atoms with Gasteiger partial charge < -0.3 is 5.32 Å². The molecule has 0 spiro atoms. The number of anilines is 1. The molecule has 0 saturated carbocycles. The smallest absolute Gasteiger partial charge is 0.234 e. The quantitative estimate of drug-likeness (QED) is 0.885. The Morgan fingerprint density at radius 1 is 1.26 bits per heavy atom. The fraction of sp³-hybridized carbons (Fsp3) is 0.235. The monoisotopic (exact) mass is 343 g/mol. The number of aryl methyl sites for hydroxylation is 1. The first kappa shape index (κ1) is 16.0. The van der Waals surface area contributed by atoms with Crippen molar-refractivity contribution in [3.05, 3.63) is 52.2 Å². The molecule has 2 heterocycles. The van der Waals surface area contributed by atoms with Crippen LogP contribution in [0.1, 0.15) is 23.8 Å². The van der Waals surface area contributed by atoms with E-state index in [1.807, 2.05) is 41.8 Å². The minimum Gasteiger partial charge on any atom is -0.325 e. The number of thioether (sulfide) groups is 1. The van der Waals surface area contributed by atoms with Gasteiger partial charge in [-0.15, -0.1) is 16.4 Å². The zero-order valence-electron chi connectivity index (χ0n) is 12.8. The molecule has 1 aliphatic rings. The van der Waals surface area contributed by atoms with Crippen molar-refractivity contribution in [1.29, 1.82) is 0 Å². The molecule has 1 aliphatic heterocycles. The number of thiophene rings is 1. The second-order valence-electron chi connectivity index (χ2n) is 5.08. The second kappa shape index (κ2) is 7.57. The summed E-state index contributed by atoms with van der Waals surface area (Å²) in [5.74, 6) is 0.327. The summed E-state index contributed by atoms with van der Waals surface area (Å²) in [6, 6.07) is 12.0. The Hall–Kier alpha value is -1.92. The zero-order chi connectivity index (χ0) is 16.1. The van der Waals surface area contributed by atoms with E-state index in [1.54, 1.807) is 11.3 Å². The number of amides is 1. The summed E-state index contributed by atoms with van der Waals surface area (Å²) in [5.41, 5.74) is 3.07. The molecular formula is C17H17N3OS2. The molecule has 0 fully saturated rings. The lowest BCUT2D eigenvalue weighted by molar-refractivity contribution is -0.113. The lowest BCUT2D eigenvalue weighted by atomic mass is 10.1. The molecule has 0 atom stereocenters. The number of rotatable bonds is 5. The minimum absolute atomic E-state index is 0.0217. The van der Waals surface area contributed by atoms with Crippen LogP contribution in [0.15, 0.2) is 52.0 Å². The Balaban J connectivity index is 1.45. The van der Waals surface area contributed by atoms with Gasteiger partial charge in [0.2, 0.25) is 5.91 Å². The minimum atomic E-state index is -0.0217. The predicted octanol–water partition coefficient (Wildman–Crippen LogP) is 4.19. The maximum absolute atomic E-state index is 12.0. The number of nitrogens with zero attached hydrogens (tertiary/aromatic N) is 2. The van der Waals surface area contributed by atoms with E-state index in [4.69, 9.17) is 0 Å². The molecule has 3 rings (SSSR count). The van der Waals surface area contributed by atoms with Crippen molar-refractivity contribution in [2.24, 2.45) is 10.2 Å². The lowest BCUT2D eigenvalue weighted by Gasteiger charge is -2.06. The Kier molecular flexibility index (Phi) is 5.25. The van der Waals surface area contributed by atoms with Gasteiger partial charge in [0.05, 0.1) is 16.3 Å². The average Bonchev–Trinajstić information content (AvgIpc) is 3.25. The van der Waals surface area contributed by atoms with Crippen LogP contribution in [-0.2, 0) is 11.2 Å². The van der Waals surface area contributed by atoms with Gasteiger partial charge in [-0.2, -0.15) is 5.10 Å². The van der Waals surface area contributed by atoms with E-state index in [9.17, 15) is 4.79 Å². The summed E-state index contributed by atoms with van der Waals surface area (Å²) in [6.07, 6.45) is 1.71. The molecule has 1 aromatic carbocycles. The van der Waals surface area contributed by atoms with Gasteiger partial charge in [-0.05, 0) is 35.6 Å². The van der Waals surface area contributed by atoms with Crippen LogP contribution in [0.4, 0.5) is 5.69 Å². The first-order chi connectivity index (χ1) is 11.2. The third kappa shape index (κ3) is 4.30. The van der Waals surface area contributed by atoms with Crippen LogP contribution in [0.3, 0.4) is 0 Å². The highest BCUT2D eigenvalue weighted by Gasteiger charge is 2.16. The Bertz CT molecular complexity index is 734. The molecule has 1 aromatic heterocycles. The van der Waals surface area contributed by atoms with E-state index in [0.29, 0.717) is 12.2 Å². The van der Waals surface area contributed by atoms with E-state index >= 15 is 0 Å². The molecule has 0 aliphatic carbocycles. The van der Waals surface area contributed by atoms with E-state index in [1.165, 1.54) is 17.3 Å². The zero-order valence-corrected chi connectivity index (χ0v) is 14.4. The van der Waals surface area contributed by atoms with Crippen LogP contribution in [0.5, 0.6) is 0 Å². The Labute approximate surface area is 143 Å². The number of carbonyl (C=O) groups is 1. The van der Waals surface area contributed by atoms with Crippen LogP contribution in [0.2, 0.25) is 0 Å². The summed E-state index contributed by atoms with van der Waals surface area (Å²) in [6.45, 7) is 2.11. The van der Waals surface area contributed by atoms with E-state index in [-0.39, 0.29) is 5.91 Å². The van der Waals surface area contributed by atoms with Gasteiger partial charge in [0.1, 0.15) is 5.04 Å². The first-order valence-electron chi connectivity index (χ1n) is 7.43. The molecule has 4 nitrogen and oxygen atoms in total. The molecule has 0 radical (unpaired) electrons. The topological polar surface area (TPSA) is 53.8 Å². The van der Waals surface area contributed by atoms with Gasteiger partial charge in [0.25, 0.3) is 0 Å². The molecule has 1 amide bonds. The van der Waals surface area contributed by atoms with Gasteiger partial charge in [0, 0.05) is 12.1 Å². The second-order valence-corrected chi connectivity index (χ2v) is 7.08. The van der Waals surface area contributed by atoms with Crippen molar-refractivity contribution in [1.82, 2.24) is 0 Å². The Morgan fingerprint density at radius 2 is 2.09 bits per heavy atom. The molecule has 0 bridgehead atoms.